The fourth-order valence-electron chi connectivity index (χ4n) is 4.18. The van der Waals surface area contributed by atoms with Crippen LogP contribution in [0, 0.1) is 22.2 Å². The van der Waals surface area contributed by atoms with E-state index in [1.54, 1.807) is 0 Å². The first-order valence-electron chi connectivity index (χ1n) is 10.9. The summed E-state index contributed by atoms with van der Waals surface area (Å²) in [4.78, 5) is 26.5. The third kappa shape index (κ3) is 4.44. The summed E-state index contributed by atoms with van der Waals surface area (Å²) >= 11 is 0. The molecule has 30 heavy (non-hydrogen) atoms. The Morgan fingerprint density at radius 3 is 1.57 bits per heavy atom. The summed E-state index contributed by atoms with van der Waals surface area (Å²) in [6, 6.07) is 0. The van der Waals surface area contributed by atoms with E-state index in [1.807, 2.05) is 13.8 Å². The van der Waals surface area contributed by atoms with Gasteiger partial charge in [-0.2, -0.15) is 0 Å². The minimum absolute atomic E-state index is 0.0550. The van der Waals surface area contributed by atoms with Crippen LogP contribution in [-0.2, 0) is 19.1 Å². The lowest BCUT2D eigenvalue weighted by atomic mass is 9.81. The molecule has 3 aliphatic rings. The third-order valence-corrected chi connectivity index (χ3v) is 15.7. The maximum atomic E-state index is 13.5. The van der Waals surface area contributed by atoms with Gasteiger partial charge in [0.25, 0.3) is 0 Å². The first kappa shape index (κ1) is 26.0. The van der Waals surface area contributed by atoms with E-state index in [4.69, 9.17) is 9.47 Å². The van der Waals surface area contributed by atoms with Crippen LogP contribution in [0.15, 0.2) is 0 Å². The molecule has 3 heterocycles. The standard InChI is InChI=1S/C23H39O4P3/c1-12-26-16(24)14-15(17(25)27-13-2)30-18(20(3,4)5)28-23(14,22(9,10)11)29-19(30)21(6,7)8/h14-15H,12-13H2,1-11H3/t14-,15+,23?,30?/m0/s1. The zero-order chi connectivity index (χ0) is 23.3. The Morgan fingerprint density at radius 1 is 0.833 bits per heavy atom. The highest BCUT2D eigenvalue weighted by Crippen LogP contribution is 2.76. The average Bonchev–Trinajstić information content (AvgIpc) is 2.58. The summed E-state index contributed by atoms with van der Waals surface area (Å²) in [5.74, 6) is -0.953. The SMILES string of the molecule is CCOC(=O)[C@@H]1[C@H](C(=O)OCC)P2C(C(C)(C)C)=PC1(C(C)(C)C)P=C2C(C)(C)C. The lowest BCUT2D eigenvalue weighted by Gasteiger charge is -2.58. The summed E-state index contributed by atoms with van der Waals surface area (Å²) in [6.45, 7) is 24.4. The highest BCUT2D eigenvalue weighted by atomic mass is 31.2. The molecule has 2 bridgehead atoms. The first-order chi connectivity index (χ1) is 13.5. The van der Waals surface area contributed by atoms with Crippen LogP contribution in [0.1, 0.15) is 76.2 Å². The fourth-order valence-corrected chi connectivity index (χ4v) is 15.0. The van der Waals surface area contributed by atoms with E-state index in [0.29, 0.717) is 13.2 Å². The maximum Gasteiger partial charge on any atom is 0.314 e. The second-order valence-electron chi connectivity index (χ2n) is 11.1. The van der Waals surface area contributed by atoms with Gasteiger partial charge in [-0.1, -0.05) is 78.7 Å². The summed E-state index contributed by atoms with van der Waals surface area (Å²) in [6.07, 6.45) is 0. The predicted molar refractivity (Wildman–Crippen MR) is 132 cm³/mol. The van der Waals surface area contributed by atoms with Gasteiger partial charge in [-0.05, 0) is 48.1 Å². The van der Waals surface area contributed by atoms with Crippen molar-refractivity contribution in [1.82, 2.24) is 0 Å². The molecule has 3 aliphatic heterocycles. The van der Waals surface area contributed by atoms with Crippen molar-refractivity contribution in [2.75, 3.05) is 13.2 Å². The van der Waals surface area contributed by atoms with Crippen LogP contribution in [0.25, 0.3) is 0 Å². The molecular formula is C23H39O4P3. The van der Waals surface area contributed by atoms with Crippen molar-refractivity contribution in [3.8, 4) is 0 Å². The Bertz CT molecular complexity index is 731. The largest absolute Gasteiger partial charge is 0.466 e. The lowest BCUT2D eigenvalue weighted by molar-refractivity contribution is -0.155. The van der Waals surface area contributed by atoms with Gasteiger partial charge >= 0.3 is 11.9 Å². The Morgan fingerprint density at radius 2 is 1.23 bits per heavy atom. The number of rotatable bonds is 4. The van der Waals surface area contributed by atoms with E-state index in [9.17, 15) is 9.59 Å². The van der Waals surface area contributed by atoms with E-state index >= 15 is 0 Å². The number of esters is 2. The van der Waals surface area contributed by atoms with Gasteiger partial charge in [0.2, 0.25) is 0 Å². The van der Waals surface area contributed by atoms with Gasteiger partial charge in [-0.25, -0.2) is 0 Å². The number of ether oxygens (including phenoxy) is 2. The molecular weight excluding hydrogens is 433 g/mol. The van der Waals surface area contributed by atoms with Crippen molar-refractivity contribution in [3.63, 3.8) is 0 Å². The number of carbonyl (C=O) groups is 2. The molecule has 7 heteroatoms. The minimum atomic E-state index is -0.949. The van der Waals surface area contributed by atoms with Gasteiger partial charge in [-0.15, -0.1) is 0 Å². The van der Waals surface area contributed by atoms with Crippen LogP contribution >= 0.6 is 24.3 Å². The quantitative estimate of drug-likeness (QED) is 0.342. The monoisotopic (exact) mass is 472 g/mol. The summed E-state index contributed by atoms with van der Waals surface area (Å²) < 4.78 is 11.2. The molecule has 0 aliphatic carbocycles. The normalized spacial score (nSPS) is 30.3. The summed E-state index contributed by atoms with van der Waals surface area (Å²) in [7, 11) is 1.45. The maximum absolute atomic E-state index is 13.5. The second-order valence-corrected chi connectivity index (χ2v) is 17.1. The molecule has 3 rings (SSSR count). The fraction of sp³-hybridized carbons (Fsp3) is 0.826. The Hall–Kier alpha value is -0.290. The molecule has 0 aromatic rings. The zero-order valence-corrected chi connectivity index (χ0v) is 23.2. The molecule has 0 unspecified atom stereocenters. The number of carbonyl (C=O) groups excluding carboxylic acids is 2. The molecule has 0 fully saturated rings. The van der Waals surface area contributed by atoms with Crippen LogP contribution in [0.4, 0.5) is 0 Å². The summed E-state index contributed by atoms with van der Waals surface area (Å²) in [5, 5.41) is 2.82. The molecule has 2 atom stereocenters. The number of hydrogen-bond acceptors (Lipinski definition) is 4. The van der Waals surface area contributed by atoms with Crippen LogP contribution in [0.2, 0.25) is 0 Å². The van der Waals surface area contributed by atoms with Crippen molar-refractivity contribution < 1.29 is 19.1 Å². The average molecular weight is 472 g/mol. The number of hydrogen-bond donors (Lipinski definition) is 0. The molecule has 0 saturated heterocycles. The van der Waals surface area contributed by atoms with Gasteiger partial charge in [0.05, 0.1) is 24.0 Å². The van der Waals surface area contributed by atoms with Crippen molar-refractivity contribution in [2.24, 2.45) is 22.2 Å². The molecule has 0 aromatic carbocycles. The smallest absolute Gasteiger partial charge is 0.314 e. The van der Waals surface area contributed by atoms with Crippen LogP contribution in [0.5, 0.6) is 0 Å². The molecule has 0 aromatic heterocycles. The van der Waals surface area contributed by atoms with Gasteiger partial charge in [0.1, 0.15) is 5.66 Å². The second kappa shape index (κ2) is 8.57. The predicted octanol–water partition coefficient (Wildman–Crippen LogP) is 6.59. The van der Waals surface area contributed by atoms with Crippen molar-refractivity contribution in [1.29, 1.82) is 0 Å². The van der Waals surface area contributed by atoms with E-state index < -0.39 is 24.4 Å². The molecule has 170 valence electrons. The van der Waals surface area contributed by atoms with Gasteiger partial charge in [-0.3, -0.25) is 9.59 Å². The lowest BCUT2D eigenvalue weighted by Crippen LogP contribution is -2.58. The zero-order valence-electron chi connectivity index (χ0n) is 20.5. The van der Waals surface area contributed by atoms with Crippen molar-refractivity contribution >= 4 is 46.3 Å². The molecule has 0 N–H and O–H groups in total. The Labute approximate surface area is 187 Å². The van der Waals surface area contributed by atoms with Crippen molar-refractivity contribution in [3.05, 3.63) is 0 Å². The minimum Gasteiger partial charge on any atom is -0.466 e. The molecule has 0 spiro atoms. The highest BCUT2D eigenvalue weighted by Gasteiger charge is 2.66. The van der Waals surface area contributed by atoms with Gasteiger partial charge in [0.15, 0.2) is 0 Å². The summed E-state index contributed by atoms with van der Waals surface area (Å²) in [5.41, 5.74) is -0.780. The Kier molecular flexibility index (Phi) is 7.42. The topological polar surface area (TPSA) is 52.6 Å². The Balaban J connectivity index is 2.96. The van der Waals surface area contributed by atoms with E-state index in [0.717, 1.165) is 0 Å². The van der Waals surface area contributed by atoms with Gasteiger partial charge < -0.3 is 9.47 Å². The highest BCUT2D eigenvalue weighted by molar-refractivity contribution is 8.07. The van der Waals surface area contributed by atoms with Crippen LogP contribution < -0.4 is 0 Å². The van der Waals surface area contributed by atoms with E-state index in [2.05, 4.69) is 62.3 Å². The van der Waals surface area contributed by atoms with Crippen LogP contribution in [0.3, 0.4) is 0 Å². The van der Waals surface area contributed by atoms with Crippen molar-refractivity contribution in [2.45, 2.75) is 86.7 Å². The third-order valence-electron chi connectivity index (χ3n) is 5.55. The molecule has 0 radical (unpaired) electrons. The van der Waals surface area contributed by atoms with Crippen LogP contribution in [-0.4, -0.2) is 45.8 Å². The first-order valence-corrected chi connectivity index (χ1v) is 14.1. The van der Waals surface area contributed by atoms with E-state index in [-0.39, 0.29) is 28.2 Å². The van der Waals surface area contributed by atoms with Gasteiger partial charge in [0, 0.05) is 0 Å². The molecule has 4 nitrogen and oxygen atoms in total. The number of fused-ring (bicyclic) bond motifs is 1. The molecule has 0 amide bonds. The molecule has 0 saturated carbocycles. The van der Waals surface area contributed by atoms with E-state index in [1.165, 1.54) is 26.5 Å².